The van der Waals surface area contributed by atoms with E-state index in [1.54, 1.807) is 30.3 Å². The molecule has 1 aromatic heterocycles. The average molecular weight is 330 g/mol. The van der Waals surface area contributed by atoms with Crippen molar-refractivity contribution in [1.29, 1.82) is 0 Å². The predicted molar refractivity (Wildman–Crippen MR) is 91.0 cm³/mol. The van der Waals surface area contributed by atoms with Crippen LogP contribution in [0.5, 0.6) is 0 Å². The molecule has 0 spiro atoms. The number of piperidine rings is 1. The number of carbonyl (C=O) groups excluding carboxylic acids is 1. The lowest BCUT2D eigenvalue weighted by atomic mass is 9.94. The Kier molecular flexibility index (Phi) is 5.30. The Morgan fingerprint density at radius 1 is 1.33 bits per heavy atom. The minimum atomic E-state index is -0.310. The summed E-state index contributed by atoms with van der Waals surface area (Å²) in [5.74, 6) is 1.40. The molecule has 1 amide bonds. The van der Waals surface area contributed by atoms with E-state index in [9.17, 15) is 9.18 Å². The summed E-state index contributed by atoms with van der Waals surface area (Å²) in [7, 11) is 0. The van der Waals surface area contributed by atoms with Crippen LogP contribution in [-0.4, -0.2) is 25.0 Å². The summed E-state index contributed by atoms with van der Waals surface area (Å²) in [6.45, 7) is 4.00. The van der Waals surface area contributed by atoms with Gasteiger partial charge in [0.2, 0.25) is 5.91 Å². The highest BCUT2D eigenvalue weighted by Gasteiger charge is 2.22. The molecule has 24 heavy (non-hydrogen) atoms. The minimum absolute atomic E-state index is 0.0272. The maximum absolute atomic E-state index is 13.8. The number of carbonyl (C=O) groups is 1. The standard InChI is InChI=1S/C19H23FN2O2/c1-13-10-11-21-12-17(13)22-19(23)9-7-14-6-8-18(24-14)15-4-2-3-5-16(15)20/h2-6,8,13,17,21H,7,9-12H2,1H3,(H,22,23). The van der Waals surface area contributed by atoms with E-state index >= 15 is 0 Å². The van der Waals surface area contributed by atoms with E-state index in [0.717, 1.165) is 19.5 Å². The summed E-state index contributed by atoms with van der Waals surface area (Å²) in [4.78, 5) is 12.1. The maximum atomic E-state index is 13.8. The Hall–Kier alpha value is -2.14. The van der Waals surface area contributed by atoms with Gasteiger partial charge in [-0.3, -0.25) is 4.79 Å². The molecule has 2 aromatic rings. The summed E-state index contributed by atoms with van der Waals surface area (Å²) in [6.07, 6.45) is 1.96. The highest BCUT2D eigenvalue weighted by molar-refractivity contribution is 5.76. The first-order valence-electron chi connectivity index (χ1n) is 8.47. The number of amides is 1. The van der Waals surface area contributed by atoms with Gasteiger partial charge in [-0.2, -0.15) is 0 Å². The van der Waals surface area contributed by atoms with Crippen molar-refractivity contribution in [3.05, 3.63) is 48.0 Å². The van der Waals surface area contributed by atoms with E-state index in [1.165, 1.54) is 6.07 Å². The van der Waals surface area contributed by atoms with Crippen LogP contribution in [0.3, 0.4) is 0 Å². The van der Waals surface area contributed by atoms with Crippen molar-refractivity contribution in [2.75, 3.05) is 13.1 Å². The summed E-state index contributed by atoms with van der Waals surface area (Å²) in [5, 5.41) is 6.39. The molecule has 1 saturated heterocycles. The molecule has 0 aliphatic carbocycles. The van der Waals surface area contributed by atoms with Gasteiger partial charge >= 0.3 is 0 Å². The zero-order chi connectivity index (χ0) is 16.9. The molecule has 5 heteroatoms. The highest BCUT2D eigenvalue weighted by Crippen LogP contribution is 2.25. The fourth-order valence-electron chi connectivity index (χ4n) is 3.02. The van der Waals surface area contributed by atoms with Crippen LogP contribution in [0, 0.1) is 11.7 Å². The number of hydrogen-bond donors (Lipinski definition) is 2. The number of benzene rings is 1. The molecule has 2 atom stereocenters. The molecule has 3 rings (SSSR count). The Morgan fingerprint density at radius 2 is 2.17 bits per heavy atom. The fraction of sp³-hybridized carbons (Fsp3) is 0.421. The second-order valence-corrected chi connectivity index (χ2v) is 6.39. The first-order valence-corrected chi connectivity index (χ1v) is 8.47. The largest absolute Gasteiger partial charge is 0.461 e. The van der Waals surface area contributed by atoms with Crippen LogP contribution in [0.15, 0.2) is 40.8 Å². The second kappa shape index (κ2) is 7.62. The van der Waals surface area contributed by atoms with Gasteiger partial charge in [0.1, 0.15) is 17.3 Å². The zero-order valence-corrected chi connectivity index (χ0v) is 13.8. The smallest absolute Gasteiger partial charge is 0.220 e. The molecule has 0 saturated carbocycles. The molecule has 1 aromatic carbocycles. The monoisotopic (exact) mass is 330 g/mol. The van der Waals surface area contributed by atoms with Gasteiger partial charge in [0.05, 0.1) is 5.56 Å². The van der Waals surface area contributed by atoms with Gasteiger partial charge in [0.25, 0.3) is 0 Å². The van der Waals surface area contributed by atoms with E-state index < -0.39 is 0 Å². The third kappa shape index (κ3) is 4.03. The number of rotatable bonds is 5. The second-order valence-electron chi connectivity index (χ2n) is 6.39. The SMILES string of the molecule is CC1CCNCC1NC(=O)CCc1ccc(-c2ccccc2F)o1. The van der Waals surface area contributed by atoms with Crippen LogP contribution in [0.2, 0.25) is 0 Å². The van der Waals surface area contributed by atoms with Crippen molar-refractivity contribution in [2.45, 2.75) is 32.2 Å². The highest BCUT2D eigenvalue weighted by atomic mass is 19.1. The molecule has 2 N–H and O–H groups in total. The topological polar surface area (TPSA) is 54.3 Å². The van der Waals surface area contributed by atoms with E-state index in [2.05, 4.69) is 17.6 Å². The minimum Gasteiger partial charge on any atom is -0.461 e. The Morgan fingerprint density at radius 3 is 2.96 bits per heavy atom. The van der Waals surface area contributed by atoms with Gasteiger partial charge in [-0.25, -0.2) is 4.39 Å². The molecule has 4 nitrogen and oxygen atoms in total. The Labute approximate surface area is 141 Å². The van der Waals surface area contributed by atoms with E-state index in [0.29, 0.717) is 35.8 Å². The molecule has 0 radical (unpaired) electrons. The third-order valence-corrected chi connectivity index (χ3v) is 4.57. The third-order valence-electron chi connectivity index (χ3n) is 4.57. The first-order chi connectivity index (χ1) is 11.6. The van der Waals surface area contributed by atoms with E-state index in [1.807, 2.05) is 0 Å². The first kappa shape index (κ1) is 16.7. The van der Waals surface area contributed by atoms with E-state index in [-0.39, 0.29) is 17.8 Å². The van der Waals surface area contributed by atoms with Gasteiger partial charge < -0.3 is 15.1 Å². The molecule has 2 heterocycles. The fourth-order valence-corrected chi connectivity index (χ4v) is 3.02. The van der Waals surface area contributed by atoms with Crippen LogP contribution in [-0.2, 0) is 11.2 Å². The number of nitrogens with one attached hydrogen (secondary N) is 2. The molecule has 0 bridgehead atoms. The van der Waals surface area contributed by atoms with Crippen LogP contribution in [0.1, 0.15) is 25.5 Å². The van der Waals surface area contributed by atoms with Gasteiger partial charge in [-0.1, -0.05) is 19.1 Å². The lowest BCUT2D eigenvalue weighted by Gasteiger charge is -2.30. The molecular formula is C19H23FN2O2. The van der Waals surface area contributed by atoms with Crippen LogP contribution in [0.25, 0.3) is 11.3 Å². The zero-order valence-electron chi connectivity index (χ0n) is 13.8. The maximum Gasteiger partial charge on any atom is 0.220 e. The van der Waals surface area contributed by atoms with Crippen LogP contribution in [0.4, 0.5) is 4.39 Å². The molecule has 1 aliphatic heterocycles. The van der Waals surface area contributed by atoms with Crippen LogP contribution < -0.4 is 10.6 Å². The van der Waals surface area contributed by atoms with Gasteiger partial charge in [0, 0.05) is 25.4 Å². The Bertz CT molecular complexity index is 698. The molecule has 1 fully saturated rings. The number of aryl methyl sites for hydroxylation is 1. The Balaban J connectivity index is 1.54. The normalized spacial score (nSPS) is 20.8. The summed E-state index contributed by atoms with van der Waals surface area (Å²) in [5.41, 5.74) is 0.440. The predicted octanol–water partition coefficient (Wildman–Crippen LogP) is 3.13. The average Bonchev–Trinajstić information content (AvgIpc) is 3.04. The molecular weight excluding hydrogens is 307 g/mol. The van der Waals surface area contributed by atoms with Gasteiger partial charge in [-0.05, 0) is 43.1 Å². The van der Waals surface area contributed by atoms with Crippen molar-refractivity contribution in [1.82, 2.24) is 10.6 Å². The quantitative estimate of drug-likeness (QED) is 0.885. The molecule has 128 valence electrons. The van der Waals surface area contributed by atoms with Crippen molar-refractivity contribution in [3.63, 3.8) is 0 Å². The number of halogens is 1. The molecule has 2 unspecified atom stereocenters. The van der Waals surface area contributed by atoms with Crippen molar-refractivity contribution in [2.24, 2.45) is 5.92 Å². The molecule has 1 aliphatic rings. The number of furan rings is 1. The van der Waals surface area contributed by atoms with Crippen molar-refractivity contribution in [3.8, 4) is 11.3 Å². The van der Waals surface area contributed by atoms with Gasteiger partial charge in [0.15, 0.2) is 0 Å². The summed E-state index contributed by atoms with van der Waals surface area (Å²) < 4.78 is 19.4. The number of hydrogen-bond acceptors (Lipinski definition) is 3. The van der Waals surface area contributed by atoms with E-state index in [4.69, 9.17) is 4.42 Å². The van der Waals surface area contributed by atoms with Gasteiger partial charge in [-0.15, -0.1) is 0 Å². The van der Waals surface area contributed by atoms with Crippen molar-refractivity contribution < 1.29 is 13.6 Å². The lowest BCUT2D eigenvalue weighted by molar-refractivity contribution is -0.122. The lowest BCUT2D eigenvalue weighted by Crippen LogP contribution is -2.50. The summed E-state index contributed by atoms with van der Waals surface area (Å²) in [6, 6.07) is 10.3. The van der Waals surface area contributed by atoms with Crippen molar-refractivity contribution >= 4 is 5.91 Å². The van der Waals surface area contributed by atoms with Crippen LogP contribution >= 0.6 is 0 Å². The summed E-state index contributed by atoms with van der Waals surface area (Å²) >= 11 is 0.